The fourth-order valence-electron chi connectivity index (χ4n) is 3.45. The predicted octanol–water partition coefficient (Wildman–Crippen LogP) is 3.72. The van der Waals surface area contributed by atoms with E-state index in [2.05, 4.69) is 31.3 Å². The van der Waals surface area contributed by atoms with E-state index < -0.39 is 6.04 Å². The number of nitrogens with zero attached hydrogens (tertiary/aromatic N) is 1. The third-order valence-electron chi connectivity index (χ3n) is 4.76. The number of anilines is 1. The van der Waals surface area contributed by atoms with Crippen molar-refractivity contribution in [2.24, 2.45) is 0 Å². The van der Waals surface area contributed by atoms with Crippen molar-refractivity contribution in [2.75, 3.05) is 18.1 Å². The lowest BCUT2D eigenvalue weighted by Crippen LogP contribution is -2.38. The maximum atomic E-state index is 12.8. The number of amides is 2. The number of fused-ring (bicyclic) bond motifs is 1. The average Bonchev–Trinajstić information content (AvgIpc) is 2.87. The number of para-hydroxylation sites is 1. The van der Waals surface area contributed by atoms with Crippen LogP contribution in [-0.2, 0) is 9.59 Å². The van der Waals surface area contributed by atoms with Crippen molar-refractivity contribution in [1.29, 1.82) is 0 Å². The summed E-state index contributed by atoms with van der Waals surface area (Å²) in [5.74, 6) is 0.883. The smallest absolute Gasteiger partial charge is 0.254 e. The standard InChI is InChI=1S/C22H26N2O3/c1-14(2)17-10-9-15(3)13-20(17)27-12-11-24-19-8-6-5-7-18(19)21(22(24)26)23-16(4)25/h5-10,13-14,21H,11-12H2,1-4H3,(H,23,25)/t21-/m1/s1. The number of nitrogens with one attached hydrogen (secondary N) is 1. The van der Waals surface area contributed by atoms with Crippen molar-refractivity contribution < 1.29 is 14.3 Å². The summed E-state index contributed by atoms with van der Waals surface area (Å²) in [5, 5.41) is 2.75. The van der Waals surface area contributed by atoms with Crippen LogP contribution in [0.4, 0.5) is 5.69 Å². The van der Waals surface area contributed by atoms with Crippen molar-refractivity contribution in [2.45, 2.75) is 39.7 Å². The summed E-state index contributed by atoms with van der Waals surface area (Å²) >= 11 is 0. The molecule has 0 saturated carbocycles. The first-order chi connectivity index (χ1) is 12.9. The molecule has 3 rings (SSSR count). The van der Waals surface area contributed by atoms with Crippen LogP contribution in [0.25, 0.3) is 0 Å². The molecular formula is C22H26N2O3. The van der Waals surface area contributed by atoms with Crippen LogP contribution in [-0.4, -0.2) is 25.0 Å². The van der Waals surface area contributed by atoms with Gasteiger partial charge in [-0.05, 0) is 36.1 Å². The summed E-state index contributed by atoms with van der Waals surface area (Å²) in [6, 6.07) is 13.2. The van der Waals surface area contributed by atoms with Crippen LogP contribution in [0.3, 0.4) is 0 Å². The first kappa shape index (κ1) is 19.0. The highest BCUT2D eigenvalue weighted by atomic mass is 16.5. The molecule has 2 aromatic carbocycles. The quantitative estimate of drug-likeness (QED) is 0.848. The fourth-order valence-corrected chi connectivity index (χ4v) is 3.45. The maximum absolute atomic E-state index is 12.8. The highest BCUT2D eigenvalue weighted by Gasteiger charge is 2.37. The van der Waals surface area contributed by atoms with Gasteiger partial charge < -0.3 is 15.0 Å². The number of hydrogen-bond donors (Lipinski definition) is 1. The Morgan fingerprint density at radius 1 is 1.22 bits per heavy atom. The van der Waals surface area contributed by atoms with E-state index in [1.807, 2.05) is 37.3 Å². The van der Waals surface area contributed by atoms with E-state index in [1.165, 1.54) is 6.92 Å². The largest absolute Gasteiger partial charge is 0.491 e. The summed E-state index contributed by atoms with van der Waals surface area (Å²) < 4.78 is 6.04. The van der Waals surface area contributed by atoms with E-state index in [9.17, 15) is 9.59 Å². The first-order valence-electron chi connectivity index (χ1n) is 9.29. The molecule has 5 heteroatoms. The van der Waals surface area contributed by atoms with E-state index >= 15 is 0 Å². The number of rotatable bonds is 6. The molecule has 5 nitrogen and oxygen atoms in total. The number of ether oxygens (including phenoxy) is 1. The van der Waals surface area contributed by atoms with E-state index in [0.717, 1.165) is 28.1 Å². The molecule has 0 unspecified atom stereocenters. The summed E-state index contributed by atoms with van der Waals surface area (Å²) in [6.45, 7) is 8.54. The van der Waals surface area contributed by atoms with E-state index in [4.69, 9.17) is 4.74 Å². The van der Waals surface area contributed by atoms with Crippen molar-refractivity contribution in [3.05, 3.63) is 59.2 Å². The molecule has 142 valence electrons. The molecule has 0 radical (unpaired) electrons. The minimum Gasteiger partial charge on any atom is -0.491 e. The van der Waals surface area contributed by atoms with Gasteiger partial charge in [0.05, 0.1) is 6.54 Å². The van der Waals surface area contributed by atoms with Gasteiger partial charge in [-0.2, -0.15) is 0 Å². The van der Waals surface area contributed by atoms with Crippen molar-refractivity contribution in [3.63, 3.8) is 0 Å². The minimum absolute atomic E-state index is 0.122. The zero-order chi connectivity index (χ0) is 19.6. The van der Waals surface area contributed by atoms with Crippen LogP contribution in [0, 0.1) is 6.92 Å². The summed E-state index contributed by atoms with van der Waals surface area (Å²) in [4.78, 5) is 26.0. The highest BCUT2D eigenvalue weighted by molar-refractivity contribution is 6.06. The lowest BCUT2D eigenvalue weighted by atomic mass is 10.0. The third kappa shape index (κ3) is 3.97. The molecule has 0 saturated heterocycles. The van der Waals surface area contributed by atoms with Gasteiger partial charge in [0.15, 0.2) is 0 Å². The Morgan fingerprint density at radius 3 is 2.67 bits per heavy atom. The van der Waals surface area contributed by atoms with Crippen molar-refractivity contribution >= 4 is 17.5 Å². The maximum Gasteiger partial charge on any atom is 0.254 e. The topological polar surface area (TPSA) is 58.6 Å². The lowest BCUT2D eigenvalue weighted by molar-refractivity contribution is -0.126. The van der Waals surface area contributed by atoms with E-state index in [-0.39, 0.29) is 11.8 Å². The molecule has 1 atom stereocenters. The number of carbonyl (C=O) groups is 2. The van der Waals surface area contributed by atoms with Gasteiger partial charge in [0, 0.05) is 18.2 Å². The van der Waals surface area contributed by atoms with Gasteiger partial charge in [0.2, 0.25) is 5.91 Å². The highest BCUT2D eigenvalue weighted by Crippen LogP contribution is 2.35. The van der Waals surface area contributed by atoms with Crippen LogP contribution in [0.15, 0.2) is 42.5 Å². The Hall–Kier alpha value is -2.82. The predicted molar refractivity (Wildman–Crippen MR) is 106 cm³/mol. The lowest BCUT2D eigenvalue weighted by Gasteiger charge is -2.20. The second kappa shape index (κ2) is 7.82. The first-order valence-corrected chi connectivity index (χ1v) is 9.29. The molecule has 0 aromatic heterocycles. The van der Waals surface area contributed by atoms with Crippen LogP contribution in [0.1, 0.15) is 49.4 Å². The third-order valence-corrected chi connectivity index (χ3v) is 4.76. The molecule has 0 aliphatic carbocycles. The molecule has 0 bridgehead atoms. The van der Waals surface area contributed by atoms with Crippen molar-refractivity contribution in [1.82, 2.24) is 5.32 Å². The zero-order valence-electron chi connectivity index (χ0n) is 16.3. The number of aryl methyl sites for hydroxylation is 1. The van der Waals surface area contributed by atoms with Gasteiger partial charge in [0.25, 0.3) is 5.91 Å². The monoisotopic (exact) mass is 366 g/mol. The van der Waals surface area contributed by atoms with Gasteiger partial charge in [-0.1, -0.05) is 44.2 Å². The summed E-state index contributed by atoms with van der Waals surface area (Å²) in [6.07, 6.45) is 0. The van der Waals surface area contributed by atoms with Crippen LogP contribution in [0.2, 0.25) is 0 Å². The molecule has 1 N–H and O–H groups in total. The molecule has 1 aliphatic heterocycles. The number of benzene rings is 2. The Kier molecular flexibility index (Phi) is 5.49. The normalized spacial score (nSPS) is 15.8. The van der Waals surface area contributed by atoms with Gasteiger partial charge in [0.1, 0.15) is 18.4 Å². The minimum atomic E-state index is -0.621. The second-order valence-corrected chi connectivity index (χ2v) is 7.23. The van der Waals surface area contributed by atoms with Gasteiger partial charge in [-0.25, -0.2) is 0 Å². The van der Waals surface area contributed by atoms with Gasteiger partial charge in [-0.15, -0.1) is 0 Å². The zero-order valence-corrected chi connectivity index (χ0v) is 16.3. The van der Waals surface area contributed by atoms with Gasteiger partial charge in [-0.3, -0.25) is 9.59 Å². The molecule has 0 spiro atoms. The Morgan fingerprint density at radius 2 is 1.96 bits per heavy atom. The number of carbonyl (C=O) groups excluding carboxylic acids is 2. The molecule has 27 heavy (non-hydrogen) atoms. The van der Waals surface area contributed by atoms with Crippen molar-refractivity contribution in [3.8, 4) is 5.75 Å². The SMILES string of the molecule is CC(=O)N[C@H]1C(=O)N(CCOc2cc(C)ccc2C(C)C)c2ccccc21. The molecule has 2 amide bonds. The average molecular weight is 366 g/mol. The van der Waals surface area contributed by atoms with E-state index in [1.54, 1.807) is 4.90 Å². The molecule has 2 aromatic rings. The van der Waals surface area contributed by atoms with E-state index in [0.29, 0.717) is 19.1 Å². The van der Waals surface area contributed by atoms with Crippen LogP contribution >= 0.6 is 0 Å². The molecular weight excluding hydrogens is 340 g/mol. The molecule has 1 heterocycles. The summed E-state index contributed by atoms with van der Waals surface area (Å²) in [7, 11) is 0. The second-order valence-electron chi connectivity index (χ2n) is 7.23. The van der Waals surface area contributed by atoms with Gasteiger partial charge >= 0.3 is 0 Å². The summed E-state index contributed by atoms with van der Waals surface area (Å²) in [5.41, 5.74) is 3.96. The Bertz CT molecular complexity index is 860. The molecule has 0 fully saturated rings. The molecule has 1 aliphatic rings. The van der Waals surface area contributed by atoms with Crippen LogP contribution in [0.5, 0.6) is 5.75 Å². The van der Waals surface area contributed by atoms with Crippen LogP contribution < -0.4 is 15.0 Å². The fraction of sp³-hybridized carbons (Fsp3) is 0.364. The Labute approximate surface area is 160 Å². The number of hydrogen-bond acceptors (Lipinski definition) is 3. The Balaban J connectivity index is 1.74.